The van der Waals surface area contributed by atoms with E-state index < -0.39 is 0 Å². The van der Waals surface area contributed by atoms with Gasteiger partial charge in [-0.1, -0.05) is 12.1 Å². The Morgan fingerprint density at radius 1 is 1.16 bits per heavy atom. The highest BCUT2D eigenvalue weighted by Gasteiger charge is 2.12. The number of aromatic nitrogens is 2. The molecule has 2 N–H and O–H groups in total. The molecule has 0 spiro atoms. The van der Waals surface area contributed by atoms with Crippen molar-refractivity contribution in [2.24, 2.45) is 0 Å². The molecule has 1 aromatic carbocycles. The summed E-state index contributed by atoms with van der Waals surface area (Å²) in [6.07, 6.45) is 1.61. The van der Waals surface area contributed by atoms with E-state index in [0.29, 0.717) is 6.04 Å². The van der Waals surface area contributed by atoms with Crippen LogP contribution >= 0.6 is 0 Å². The van der Waals surface area contributed by atoms with E-state index in [-0.39, 0.29) is 0 Å². The lowest BCUT2D eigenvalue weighted by Crippen LogP contribution is -2.31. The first-order valence-corrected chi connectivity index (χ1v) is 6.46. The maximum absolute atomic E-state index is 5.71. The first-order chi connectivity index (χ1) is 9.06. The Balaban J connectivity index is 2.23. The SMILES string of the molecule is Cc1cc(N(Cc2ccc(N)cc2)C(C)C)ncn1. The van der Waals surface area contributed by atoms with Gasteiger partial charge in [0.1, 0.15) is 12.1 Å². The number of anilines is 2. The molecule has 0 unspecified atom stereocenters. The third kappa shape index (κ3) is 3.44. The van der Waals surface area contributed by atoms with Crippen LogP contribution in [0.15, 0.2) is 36.7 Å². The summed E-state index contributed by atoms with van der Waals surface area (Å²) >= 11 is 0. The molecular formula is C15H20N4. The van der Waals surface area contributed by atoms with Crippen molar-refractivity contribution in [3.8, 4) is 0 Å². The molecule has 19 heavy (non-hydrogen) atoms. The van der Waals surface area contributed by atoms with Crippen molar-refractivity contribution in [1.29, 1.82) is 0 Å². The van der Waals surface area contributed by atoms with Crippen LogP contribution < -0.4 is 10.6 Å². The second-order valence-corrected chi connectivity index (χ2v) is 4.98. The van der Waals surface area contributed by atoms with Crippen LogP contribution in [0.25, 0.3) is 0 Å². The number of nitrogens with two attached hydrogens (primary N) is 1. The Bertz CT molecular complexity index is 534. The van der Waals surface area contributed by atoms with Gasteiger partial charge >= 0.3 is 0 Å². The van der Waals surface area contributed by atoms with Gasteiger partial charge in [0.2, 0.25) is 0 Å². The third-order valence-corrected chi connectivity index (χ3v) is 3.04. The minimum absolute atomic E-state index is 0.367. The number of nitrogen functional groups attached to an aromatic ring is 1. The largest absolute Gasteiger partial charge is 0.399 e. The van der Waals surface area contributed by atoms with Gasteiger partial charge in [-0.15, -0.1) is 0 Å². The molecule has 4 heteroatoms. The number of rotatable bonds is 4. The second kappa shape index (κ2) is 5.69. The van der Waals surface area contributed by atoms with Crippen molar-refractivity contribution in [1.82, 2.24) is 9.97 Å². The Morgan fingerprint density at radius 3 is 2.42 bits per heavy atom. The van der Waals surface area contributed by atoms with Gasteiger partial charge in [-0.2, -0.15) is 0 Å². The van der Waals surface area contributed by atoms with Crippen molar-refractivity contribution in [3.63, 3.8) is 0 Å². The molecule has 4 nitrogen and oxygen atoms in total. The van der Waals surface area contributed by atoms with E-state index in [2.05, 4.69) is 40.8 Å². The van der Waals surface area contributed by atoms with Crippen molar-refractivity contribution >= 4 is 11.5 Å². The van der Waals surface area contributed by atoms with Crippen LogP contribution in [0.3, 0.4) is 0 Å². The lowest BCUT2D eigenvalue weighted by molar-refractivity contribution is 0.670. The van der Waals surface area contributed by atoms with Crippen LogP contribution in [-0.4, -0.2) is 16.0 Å². The van der Waals surface area contributed by atoms with Crippen LogP contribution in [0.5, 0.6) is 0 Å². The molecule has 0 saturated carbocycles. The molecule has 1 heterocycles. The fraction of sp³-hybridized carbons (Fsp3) is 0.333. The van der Waals surface area contributed by atoms with E-state index in [0.717, 1.165) is 23.7 Å². The summed E-state index contributed by atoms with van der Waals surface area (Å²) < 4.78 is 0. The zero-order valence-corrected chi connectivity index (χ0v) is 11.7. The molecule has 0 atom stereocenters. The summed E-state index contributed by atoms with van der Waals surface area (Å²) in [6.45, 7) is 7.12. The van der Waals surface area contributed by atoms with Gasteiger partial charge in [0.25, 0.3) is 0 Å². The number of hydrogen-bond donors (Lipinski definition) is 1. The molecule has 0 fully saturated rings. The van der Waals surface area contributed by atoms with Gasteiger partial charge in [-0.25, -0.2) is 9.97 Å². The Morgan fingerprint density at radius 2 is 1.84 bits per heavy atom. The Labute approximate surface area is 114 Å². The van der Waals surface area contributed by atoms with Gasteiger partial charge in [0, 0.05) is 30.0 Å². The molecule has 100 valence electrons. The topological polar surface area (TPSA) is 55.0 Å². The molecule has 0 bridgehead atoms. The molecule has 2 aromatic rings. The molecule has 0 aliphatic carbocycles. The van der Waals surface area contributed by atoms with Crippen LogP contribution in [0.4, 0.5) is 11.5 Å². The number of benzene rings is 1. The fourth-order valence-corrected chi connectivity index (χ4v) is 1.95. The van der Waals surface area contributed by atoms with E-state index in [1.165, 1.54) is 5.56 Å². The van der Waals surface area contributed by atoms with Crippen LogP contribution in [-0.2, 0) is 6.54 Å². The summed E-state index contributed by atoms with van der Waals surface area (Å²) in [5, 5.41) is 0. The molecular weight excluding hydrogens is 236 g/mol. The van der Waals surface area contributed by atoms with E-state index >= 15 is 0 Å². The number of hydrogen-bond acceptors (Lipinski definition) is 4. The minimum atomic E-state index is 0.367. The zero-order chi connectivity index (χ0) is 13.8. The zero-order valence-electron chi connectivity index (χ0n) is 11.7. The normalized spacial score (nSPS) is 10.7. The maximum Gasteiger partial charge on any atom is 0.132 e. The highest BCUT2D eigenvalue weighted by molar-refractivity contribution is 5.43. The van der Waals surface area contributed by atoms with Crippen molar-refractivity contribution in [3.05, 3.63) is 47.9 Å². The van der Waals surface area contributed by atoms with Gasteiger partial charge in [-0.05, 0) is 38.5 Å². The van der Waals surface area contributed by atoms with E-state index in [1.54, 1.807) is 6.33 Å². The smallest absolute Gasteiger partial charge is 0.132 e. The molecule has 0 radical (unpaired) electrons. The first-order valence-electron chi connectivity index (χ1n) is 6.46. The molecule has 2 rings (SSSR count). The average Bonchev–Trinajstić information content (AvgIpc) is 2.37. The maximum atomic E-state index is 5.71. The summed E-state index contributed by atoms with van der Waals surface area (Å²) in [7, 11) is 0. The molecule has 0 saturated heterocycles. The van der Waals surface area contributed by atoms with Gasteiger partial charge in [-0.3, -0.25) is 0 Å². The third-order valence-electron chi connectivity index (χ3n) is 3.04. The average molecular weight is 256 g/mol. The van der Waals surface area contributed by atoms with Crippen LogP contribution in [0, 0.1) is 6.92 Å². The molecule has 0 aliphatic rings. The van der Waals surface area contributed by atoms with Gasteiger partial charge in [0.15, 0.2) is 0 Å². The number of nitrogens with zero attached hydrogens (tertiary/aromatic N) is 3. The van der Waals surface area contributed by atoms with Crippen LogP contribution in [0.2, 0.25) is 0 Å². The van der Waals surface area contributed by atoms with Crippen molar-refractivity contribution < 1.29 is 0 Å². The quantitative estimate of drug-likeness (QED) is 0.855. The second-order valence-electron chi connectivity index (χ2n) is 4.98. The lowest BCUT2D eigenvalue weighted by atomic mass is 10.1. The number of aryl methyl sites for hydroxylation is 1. The summed E-state index contributed by atoms with van der Waals surface area (Å²) in [4.78, 5) is 10.8. The Kier molecular flexibility index (Phi) is 4.00. The van der Waals surface area contributed by atoms with Gasteiger partial charge < -0.3 is 10.6 Å². The minimum Gasteiger partial charge on any atom is -0.399 e. The Hall–Kier alpha value is -2.10. The summed E-state index contributed by atoms with van der Waals surface area (Å²) in [5.41, 5.74) is 8.70. The highest BCUT2D eigenvalue weighted by Crippen LogP contribution is 2.18. The molecule has 0 aliphatic heterocycles. The molecule has 0 amide bonds. The van der Waals surface area contributed by atoms with Crippen molar-refractivity contribution in [2.45, 2.75) is 33.4 Å². The van der Waals surface area contributed by atoms with Gasteiger partial charge in [0.05, 0.1) is 0 Å². The molecule has 1 aromatic heterocycles. The van der Waals surface area contributed by atoms with E-state index in [4.69, 9.17) is 5.73 Å². The predicted octanol–water partition coefficient (Wildman–Crippen LogP) is 2.78. The predicted molar refractivity (Wildman–Crippen MR) is 78.9 cm³/mol. The fourth-order valence-electron chi connectivity index (χ4n) is 1.95. The van der Waals surface area contributed by atoms with Crippen molar-refractivity contribution in [2.75, 3.05) is 10.6 Å². The monoisotopic (exact) mass is 256 g/mol. The van der Waals surface area contributed by atoms with E-state index in [1.807, 2.05) is 25.1 Å². The van der Waals surface area contributed by atoms with Crippen LogP contribution in [0.1, 0.15) is 25.1 Å². The summed E-state index contributed by atoms with van der Waals surface area (Å²) in [6, 6.07) is 10.3. The first kappa shape index (κ1) is 13.3. The lowest BCUT2D eigenvalue weighted by Gasteiger charge is -2.28. The highest BCUT2D eigenvalue weighted by atomic mass is 15.2. The van der Waals surface area contributed by atoms with E-state index in [9.17, 15) is 0 Å². The standard InChI is InChI=1S/C15H20N4/c1-11(2)19(15-8-12(3)17-10-18-15)9-13-4-6-14(16)7-5-13/h4-8,10-11H,9,16H2,1-3H3. The summed E-state index contributed by atoms with van der Waals surface area (Å²) in [5.74, 6) is 0.958.